The van der Waals surface area contributed by atoms with Gasteiger partial charge < -0.3 is 16.0 Å². The minimum atomic E-state index is -2.50. The van der Waals surface area contributed by atoms with Crippen LogP contribution in [0.3, 0.4) is 0 Å². The second-order valence-electron chi connectivity index (χ2n) is 9.38. The van der Waals surface area contributed by atoms with E-state index in [1.165, 1.54) is 30.4 Å². The van der Waals surface area contributed by atoms with Gasteiger partial charge in [0.15, 0.2) is 0 Å². The normalized spacial score (nSPS) is 21.2. The van der Waals surface area contributed by atoms with Crippen LogP contribution in [0.2, 0.25) is 0 Å². The maximum atomic E-state index is 13.5. The summed E-state index contributed by atoms with van der Waals surface area (Å²) in [7, 11) is -2.50. The first-order valence-corrected chi connectivity index (χ1v) is 13.7. The van der Waals surface area contributed by atoms with Crippen molar-refractivity contribution in [3.63, 3.8) is 0 Å². The number of amides is 2. The number of benzene rings is 3. The van der Waals surface area contributed by atoms with Gasteiger partial charge >= 0.3 is 6.03 Å². The van der Waals surface area contributed by atoms with Gasteiger partial charge in [0.1, 0.15) is 0 Å². The van der Waals surface area contributed by atoms with Gasteiger partial charge in [0.2, 0.25) is 0 Å². The van der Waals surface area contributed by atoms with Crippen molar-refractivity contribution in [1.29, 1.82) is 0 Å². The van der Waals surface area contributed by atoms with Crippen LogP contribution in [-0.2, 0) is 15.3 Å². The van der Waals surface area contributed by atoms with Crippen molar-refractivity contribution >= 4 is 27.1 Å². The third-order valence-electron chi connectivity index (χ3n) is 6.88. The first kappa shape index (κ1) is 22.7. The van der Waals surface area contributed by atoms with Gasteiger partial charge in [0.05, 0.1) is 6.04 Å². The largest absolute Gasteiger partial charge is 0.331 e. The third kappa shape index (κ3) is 4.74. The monoisotopic (exact) mass is 477 g/mol. The minimum absolute atomic E-state index is 0. The van der Waals surface area contributed by atoms with Crippen LogP contribution >= 0.6 is 0 Å². The Morgan fingerprint density at radius 2 is 1.76 bits per heavy atom. The predicted molar refractivity (Wildman–Crippen MR) is 144 cm³/mol. The zero-order valence-electron chi connectivity index (χ0n) is 19.4. The molecule has 0 radical (unpaired) electrons. The molecule has 2 amide bonds. The standard InChI is InChI=1S/C28H31N3O2S.2H2/c1-19(21-7-4-3-5-8-21)29-28(32)30-22-12-14-23(15-13-22)34(2,33)18-20-11-16-24-25(17-20)27-10-6-9-26(24)31-27;;/h3-5,7-8,11-17,19,26-27,31H,2,6,9-10,18H2,1H3,(H2,29,30,32);2*1H/t19-,26?,27?,34?;;/m0../s1. The molecule has 5 rings (SSSR count). The molecule has 3 aromatic rings. The number of hydrogen-bond acceptors (Lipinski definition) is 3. The van der Waals surface area contributed by atoms with E-state index in [2.05, 4.69) is 40.0 Å². The SMILES string of the molecule is C=S(=O)(Cc1ccc2c(c1)C1CCCC2N1)c1ccc(NC(=O)N[C@@H](C)c2ccccc2)cc1.[HH].[HH]. The predicted octanol–water partition coefficient (Wildman–Crippen LogP) is 6.21. The molecule has 2 aliphatic heterocycles. The van der Waals surface area contributed by atoms with Crippen LogP contribution in [0.4, 0.5) is 10.5 Å². The number of hydrogen-bond donors (Lipinski definition) is 3. The molecule has 0 aliphatic carbocycles. The molecule has 5 nitrogen and oxygen atoms in total. The van der Waals surface area contributed by atoms with Crippen molar-refractivity contribution in [3.05, 3.63) is 95.1 Å². The van der Waals surface area contributed by atoms with Gasteiger partial charge in [-0.15, -0.1) is 0 Å². The summed E-state index contributed by atoms with van der Waals surface area (Å²) in [6.07, 6.45) is 3.61. The molecule has 1 fully saturated rings. The van der Waals surface area contributed by atoms with Crippen LogP contribution in [0.5, 0.6) is 0 Å². The smallest absolute Gasteiger partial charge is 0.319 e. The summed E-state index contributed by atoms with van der Waals surface area (Å²) in [6, 6.07) is 24.0. The summed E-state index contributed by atoms with van der Waals surface area (Å²) in [5, 5.41) is 9.48. The average molecular weight is 478 g/mol. The topological polar surface area (TPSA) is 70.2 Å². The Morgan fingerprint density at radius 3 is 2.50 bits per heavy atom. The molecule has 2 heterocycles. The molecule has 3 unspecified atom stereocenters. The molecule has 6 heteroatoms. The lowest BCUT2D eigenvalue weighted by atomic mass is 10.0. The highest BCUT2D eigenvalue weighted by Crippen LogP contribution is 2.43. The van der Waals surface area contributed by atoms with Gasteiger partial charge in [-0.2, -0.15) is 0 Å². The quantitative estimate of drug-likeness (QED) is 0.370. The van der Waals surface area contributed by atoms with E-state index in [0.29, 0.717) is 28.4 Å². The lowest BCUT2D eigenvalue weighted by Crippen LogP contribution is -2.31. The van der Waals surface area contributed by atoms with Crippen LogP contribution in [-0.4, -0.2) is 16.1 Å². The summed E-state index contributed by atoms with van der Waals surface area (Å²) in [5.41, 5.74) is 5.51. The lowest BCUT2D eigenvalue weighted by molar-refractivity contribution is 0.249. The molecule has 3 aromatic carbocycles. The molecular weight excluding hydrogens is 442 g/mol. The maximum Gasteiger partial charge on any atom is 0.319 e. The highest BCUT2D eigenvalue weighted by Gasteiger charge is 2.33. The van der Waals surface area contributed by atoms with Crippen molar-refractivity contribution < 1.29 is 11.9 Å². The maximum absolute atomic E-state index is 13.5. The number of carbonyl (C=O) groups is 1. The van der Waals surface area contributed by atoms with Crippen LogP contribution in [0.1, 0.15) is 69.4 Å². The van der Waals surface area contributed by atoms with Crippen LogP contribution in [0, 0.1) is 0 Å². The highest BCUT2D eigenvalue weighted by molar-refractivity contribution is 7.99. The van der Waals surface area contributed by atoms with E-state index in [9.17, 15) is 9.00 Å². The van der Waals surface area contributed by atoms with Gasteiger partial charge in [-0.05, 0) is 78.6 Å². The number of anilines is 1. The Kier molecular flexibility index (Phi) is 6.19. The molecule has 2 bridgehead atoms. The molecule has 34 heavy (non-hydrogen) atoms. The van der Waals surface area contributed by atoms with E-state index in [0.717, 1.165) is 11.1 Å². The third-order valence-corrected chi connectivity index (χ3v) is 8.81. The fraction of sp³-hybridized carbons (Fsp3) is 0.286. The molecule has 0 saturated carbocycles. The van der Waals surface area contributed by atoms with Crippen LogP contribution in [0.25, 0.3) is 0 Å². The Balaban J connectivity index is 0.00000180. The molecule has 0 aromatic heterocycles. The van der Waals surface area contributed by atoms with Crippen molar-refractivity contribution in [3.8, 4) is 0 Å². The van der Waals surface area contributed by atoms with Gasteiger partial charge in [0.25, 0.3) is 0 Å². The number of nitrogens with one attached hydrogen (secondary N) is 3. The first-order chi connectivity index (χ1) is 16.4. The second-order valence-corrected chi connectivity index (χ2v) is 11.8. The summed E-state index contributed by atoms with van der Waals surface area (Å²) >= 11 is 0. The zero-order valence-corrected chi connectivity index (χ0v) is 20.2. The highest BCUT2D eigenvalue weighted by atomic mass is 32.2. The van der Waals surface area contributed by atoms with Crippen LogP contribution < -0.4 is 16.0 Å². The summed E-state index contributed by atoms with van der Waals surface area (Å²) in [5.74, 6) is 4.47. The molecule has 4 atom stereocenters. The van der Waals surface area contributed by atoms with Gasteiger partial charge in [-0.25, -0.2) is 4.79 Å². The Bertz CT molecular complexity index is 1300. The van der Waals surface area contributed by atoms with E-state index < -0.39 is 9.52 Å². The van der Waals surface area contributed by atoms with E-state index in [1.807, 2.05) is 37.3 Å². The molecule has 180 valence electrons. The van der Waals surface area contributed by atoms with Crippen molar-refractivity contribution in [2.75, 3.05) is 5.32 Å². The average Bonchev–Trinajstić information content (AvgIpc) is 3.08. The van der Waals surface area contributed by atoms with Crippen molar-refractivity contribution in [2.24, 2.45) is 0 Å². The first-order valence-electron chi connectivity index (χ1n) is 11.9. The summed E-state index contributed by atoms with van der Waals surface area (Å²) < 4.78 is 13.5. The number of urea groups is 1. The van der Waals surface area contributed by atoms with E-state index in [1.54, 1.807) is 24.3 Å². The van der Waals surface area contributed by atoms with E-state index in [-0.39, 0.29) is 14.9 Å². The second kappa shape index (κ2) is 9.28. The zero-order chi connectivity index (χ0) is 23.7. The fourth-order valence-electron chi connectivity index (χ4n) is 5.09. The van der Waals surface area contributed by atoms with Gasteiger partial charge in [0, 0.05) is 40.8 Å². The van der Waals surface area contributed by atoms with Crippen molar-refractivity contribution in [1.82, 2.24) is 10.6 Å². The number of carbonyl (C=O) groups excluding carboxylic acids is 1. The number of rotatable bonds is 6. The Hall–Kier alpha value is -3.09. The lowest BCUT2D eigenvalue weighted by Gasteiger charge is -2.20. The van der Waals surface area contributed by atoms with Gasteiger partial charge in [-0.1, -0.05) is 48.5 Å². The molecule has 1 saturated heterocycles. The summed E-state index contributed by atoms with van der Waals surface area (Å²) in [4.78, 5) is 13.1. The summed E-state index contributed by atoms with van der Waals surface area (Å²) in [6.45, 7) is 1.94. The minimum Gasteiger partial charge on any atom is -0.331 e. The molecular formula is C28H35N3O2S. The molecule has 0 spiro atoms. The molecule has 2 aliphatic rings. The molecule has 3 N–H and O–H groups in total. The van der Waals surface area contributed by atoms with Crippen molar-refractivity contribution in [2.45, 2.75) is 55.0 Å². The van der Waals surface area contributed by atoms with E-state index >= 15 is 0 Å². The van der Waals surface area contributed by atoms with Crippen LogP contribution in [0.15, 0.2) is 77.7 Å². The van der Waals surface area contributed by atoms with E-state index in [4.69, 9.17) is 0 Å². The van der Waals surface area contributed by atoms with Gasteiger partial charge in [-0.3, -0.25) is 4.21 Å². The number of piperidine rings is 1. The Morgan fingerprint density at radius 1 is 1.06 bits per heavy atom. The number of fused-ring (bicyclic) bond motifs is 5. The Labute approximate surface area is 205 Å². The fourth-order valence-corrected chi connectivity index (χ4v) is 6.60.